The fourth-order valence-corrected chi connectivity index (χ4v) is 1.09. The van der Waals surface area contributed by atoms with Gasteiger partial charge in [-0.3, -0.25) is 0 Å². The number of rotatable bonds is 0. The van der Waals surface area contributed by atoms with Gasteiger partial charge in [-0.25, -0.2) is 4.79 Å². The van der Waals surface area contributed by atoms with Gasteiger partial charge in [-0.2, -0.15) is 0 Å². The largest absolute Gasteiger partial charge is 0.393 e. The number of primary amides is 1. The number of piperidine rings is 1. The van der Waals surface area contributed by atoms with Crippen LogP contribution in [0.25, 0.3) is 0 Å². The average Bonchev–Trinajstić information content (AvgIpc) is 2.09. The highest BCUT2D eigenvalue weighted by Crippen LogP contribution is 2.08. The molecule has 0 saturated carbocycles. The van der Waals surface area contributed by atoms with Gasteiger partial charge in [0.1, 0.15) is 0 Å². The summed E-state index contributed by atoms with van der Waals surface area (Å²) in [5, 5.41) is 9.03. The molecule has 72 valence electrons. The number of nitrogens with zero attached hydrogens (tertiary/aromatic N) is 1. The quantitative estimate of drug-likeness (QED) is 0.563. The summed E-state index contributed by atoms with van der Waals surface area (Å²) in [6.07, 6.45) is 1.07. The van der Waals surface area contributed by atoms with Crippen molar-refractivity contribution in [1.82, 2.24) is 4.90 Å². The fraction of sp³-hybridized carbons (Fsp3) is 0.875. The number of nitrogens with two attached hydrogens (primary N) is 1. The summed E-state index contributed by atoms with van der Waals surface area (Å²) in [4.78, 5) is 12.1. The number of carbonyl (C=O) groups is 1. The van der Waals surface area contributed by atoms with Crippen LogP contribution < -0.4 is 5.73 Å². The van der Waals surface area contributed by atoms with Crippen molar-refractivity contribution in [2.45, 2.75) is 32.8 Å². The minimum Gasteiger partial charge on any atom is -0.393 e. The monoisotopic (exact) mass is 174 g/mol. The summed E-state index contributed by atoms with van der Waals surface area (Å²) in [7, 11) is 0. The average molecular weight is 174 g/mol. The van der Waals surface area contributed by atoms with Crippen molar-refractivity contribution in [3.05, 3.63) is 0 Å². The summed E-state index contributed by atoms with van der Waals surface area (Å²) in [5.41, 5.74) is 5.02. The van der Waals surface area contributed by atoms with Crippen molar-refractivity contribution in [3.8, 4) is 0 Å². The molecule has 0 aromatic rings. The Kier molecular flexibility index (Phi) is 5.45. The highest BCUT2D eigenvalue weighted by molar-refractivity contribution is 5.72. The van der Waals surface area contributed by atoms with E-state index in [0.717, 1.165) is 0 Å². The lowest BCUT2D eigenvalue weighted by molar-refractivity contribution is 0.0961. The highest BCUT2D eigenvalue weighted by atomic mass is 16.3. The molecule has 0 aliphatic carbocycles. The fourth-order valence-electron chi connectivity index (χ4n) is 1.09. The topological polar surface area (TPSA) is 66.6 Å². The van der Waals surface area contributed by atoms with Crippen LogP contribution in [0.15, 0.2) is 0 Å². The van der Waals surface area contributed by atoms with Crippen molar-refractivity contribution in [1.29, 1.82) is 0 Å². The van der Waals surface area contributed by atoms with Crippen molar-refractivity contribution in [2.75, 3.05) is 13.1 Å². The normalized spacial score (nSPS) is 18.1. The van der Waals surface area contributed by atoms with E-state index in [1.165, 1.54) is 0 Å². The van der Waals surface area contributed by atoms with Crippen molar-refractivity contribution in [3.63, 3.8) is 0 Å². The number of hydrogen-bond acceptors (Lipinski definition) is 2. The van der Waals surface area contributed by atoms with E-state index in [9.17, 15) is 4.79 Å². The first-order valence-electron chi connectivity index (χ1n) is 4.42. The molecule has 1 saturated heterocycles. The zero-order chi connectivity index (χ0) is 9.56. The Bertz CT molecular complexity index is 131. The molecule has 4 heteroatoms. The molecule has 0 radical (unpaired) electrons. The number of carbonyl (C=O) groups excluding carboxylic acids is 1. The summed E-state index contributed by atoms with van der Waals surface area (Å²) in [5.74, 6) is 0. The molecule has 0 unspecified atom stereocenters. The van der Waals surface area contributed by atoms with Gasteiger partial charge in [-0.15, -0.1) is 0 Å². The highest BCUT2D eigenvalue weighted by Gasteiger charge is 2.18. The van der Waals surface area contributed by atoms with Crippen LogP contribution in [0.4, 0.5) is 4.79 Å². The lowest BCUT2D eigenvalue weighted by atomic mass is 10.1. The van der Waals surface area contributed by atoms with Crippen molar-refractivity contribution < 1.29 is 9.90 Å². The van der Waals surface area contributed by atoms with Gasteiger partial charge in [0.15, 0.2) is 0 Å². The molecule has 4 nitrogen and oxygen atoms in total. The Morgan fingerprint density at radius 2 is 1.83 bits per heavy atom. The van der Waals surface area contributed by atoms with Crippen LogP contribution in [0.1, 0.15) is 26.7 Å². The van der Waals surface area contributed by atoms with Crippen LogP contribution in [0, 0.1) is 0 Å². The SMILES string of the molecule is CC.NC(=O)N1CCC(O)CC1. The van der Waals surface area contributed by atoms with E-state index in [4.69, 9.17) is 10.8 Å². The molecule has 1 heterocycles. The predicted molar refractivity (Wildman–Crippen MR) is 47.7 cm³/mol. The maximum atomic E-state index is 10.5. The summed E-state index contributed by atoms with van der Waals surface area (Å²) < 4.78 is 0. The van der Waals surface area contributed by atoms with Gasteiger partial charge in [0.25, 0.3) is 0 Å². The molecule has 0 spiro atoms. The number of aliphatic hydroxyl groups excluding tert-OH is 1. The predicted octanol–water partition coefficient (Wildman–Crippen LogP) is 0.548. The maximum absolute atomic E-state index is 10.5. The first kappa shape index (κ1) is 11.2. The molecule has 1 fully saturated rings. The molecule has 3 N–H and O–H groups in total. The van der Waals surface area contributed by atoms with Gasteiger partial charge < -0.3 is 15.7 Å². The van der Waals surface area contributed by atoms with E-state index in [-0.39, 0.29) is 12.1 Å². The lowest BCUT2D eigenvalue weighted by Gasteiger charge is -2.27. The Labute approximate surface area is 73.3 Å². The van der Waals surface area contributed by atoms with Crippen LogP contribution in [-0.2, 0) is 0 Å². The second kappa shape index (κ2) is 5.83. The number of likely N-dealkylation sites (tertiary alicyclic amines) is 1. The van der Waals surface area contributed by atoms with Crippen molar-refractivity contribution >= 4 is 6.03 Å². The molecule has 1 aliphatic heterocycles. The van der Waals surface area contributed by atoms with Gasteiger partial charge in [0.05, 0.1) is 6.10 Å². The summed E-state index contributed by atoms with van der Waals surface area (Å²) in [6, 6.07) is -0.382. The third-order valence-electron chi connectivity index (χ3n) is 1.78. The number of aliphatic hydroxyl groups is 1. The van der Waals surface area contributed by atoms with E-state index < -0.39 is 0 Å². The van der Waals surface area contributed by atoms with Crippen LogP contribution in [0.2, 0.25) is 0 Å². The Morgan fingerprint density at radius 1 is 1.42 bits per heavy atom. The zero-order valence-corrected chi connectivity index (χ0v) is 7.79. The minimum atomic E-state index is -0.382. The van der Waals surface area contributed by atoms with E-state index in [1.54, 1.807) is 4.90 Å². The van der Waals surface area contributed by atoms with Gasteiger partial charge in [-0.1, -0.05) is 13.8 Å². The first-order valence-corrected chi connectivity index (χ1v) is 4.42. The molecule has 2 amide bonds. The number of hydrogen-bond donors (Lipinski definition) is 2. The smallest absolute Gasteiger partial charge is 0.314 e. The molecular weight excluding hydrogens is 156 g/mol. The van der Waals surface area contributed by atoms with Crippen LogP contribution in [-0.4, -0.2) is 35.2 Å². The second-order valence-corrected chi connectivity index (χ2v) is 2.56. The van der Waals surface area contributed by atoms with E-state index in [0.29, 0.717) is 25.9 Å². The van der Waals surface area contributed by atoms with Gasteiger partial charge in [-0.05, 0) is 12.8 Å². The molecule has 0 bridgehead atoms. The molecule has 0 aromatic heterocycles. The maximum Gasteiger partial charge on any atom is 0.314 e. The lowest BCUT2D eigenvalue weighted by Crippen LogP contribution is -2.42. The van der Waals surface area contributed by atoms with Gasteiger partial charge in [0.2, 0.25) is 0 Å². The van der Waals surface area contributed by atoms with Gasteiger partial charge >= 0.3 is 6.03 Å². The summed E-state index contributed by atoms with van der Waals surface area (Å²) >= 11 is 0. The van der Waals surface area contributed by atoms with Crippen molar-refractivity contribution in [2.24, 2.45) is 5.73 Å². The Balaban J connectivity index is 0.000000561. The first-order chi connectivity index (χ1) is 5.70. The van der Waals surface area contributed by atoms with Crippen LogP contribution in [0.5, 0.6) is 0 Å². The van der Waals surface area contributed by atoms with Gasteiger partial charge in [0, 0.05) is 13.1 Å². The third kappa shape index (κ3) is 3.57. The second-order valence-electron chi connectivity index (χ2n) is 2.56. The molecule has 1 aliphatic rings. The Morgan fingerprint density at radius 3 is 2.17 bits per heavy atom. The van der Waals surface area contributed by atoms with E-state index in [1.807, 2.05) is 13.8 Å². The Hall–Kier alpha value is -0.770. The summed E-state index contributed by atoms with van der Waals surface area (Å²) in [6.45, 7) is 5.19. The third-order valence-corrected chi connectivity index (χ3v) is 1.78. The van der Waals surface area contributed by atoms with Crippen LogP contribution in [0.3, 0.4) is 0 Å². The molecule has 12 heavy (non-hydrogen) atoms. The molecule has 1 rings (SSSR count). The number of amides is 2. The van der Waals surface area contributed by atoms with E-state index >= 15 is 0 Å². The standard InChI is InChI=1S/C6H12N2O2.C2H6/c7-6(10)8-3-1-5(9)2-4-8;1-2/h5,9H,1-4H2,(H2,7,10);1-2H3. The minimum absolute atomic E-state index is 0.240. The molecular formula is C8H18N2O2. The molecule has 0 atom stereocenters. The molecule has 0 aromatic carbocycles. The van der Waals surface area contributed by atoms with Crippen LogP contribution >= 0.6 is 0 Å². The van der Waals surface area contributed by atoms with E-state index in [2.05, 4.69) is 0 Å². The number of urea groups is 1. The zero-order valence-electron chi connectivity index (χ0n) is 7.79.